The van der Waals surface area contributed by atoms with Crippen LogP contribution in [0.1, 0.15) is 51.4 Å². The van der Waals surface area contributed by atoms with Crippen LogP contribution in [0.15, 0.2) is 0 Å². The maximum atomic E-state index is 12.1. The van der Waals surface area contributed by atoms with Gasteiger partial charge in [-0.3, -0.25) is 4.79 Å². The van der Waals surface area contributed by atoms with Crippen molar-refractivity contribution in [3.05, 3.63) is 0 Å². The number of carbonyl (C=O) groups excluding carboxylic acids is 1. The standard InChI is InChI=1S/C15H28N2OS.ClH/c16-12-15(6-2-1-3-7-15)10-14(18)17-11-13-4-8-19-9-5-13;/h13H,1-12,16H2,(H,17,18);1H. The lowest BCUT2D eigenvalue weighted by atomic mass is 9.71. The third-order valence-corrected chi connectivity index (χ3v) is 5.86. The Morgan fingerprint density at radius 2 is 1.85 bits per heavy atom. The van der Waals surface area contributed by atoms with Gasteiger partial charge in [0.05, 0.1) is 0 Å². The van der Waals surface area contributed by atoms with Gasteiger partial charge in [-0.25, -0.2) is 0 Å². The van der Waals surface area contributed by atoms with Crippen molar-refractivity contribution in [1.82, 2.24) is 5.32 Å². The van der Waals surface area contributed by atoms with Gasteiger partial charge in [-0.05, 0) is 55.1 Å². The minimum absolute atomic E-state index is 0. The fourth-order valence-electron chi connectivity index (χ4n) is 3.37. The van der Waals surface area contributed by atoms with Gasteiger partial charge in [-0.15, -0.1) is 12.4 Å². The Kier molecular flexibility index (Phi) is 8.30. The van der Waals surface area contributed by atoms with Crippen molar-refractivity contribution >= 4 is 30.1 Å². The van der Waals surface area contributed by atoms with Gasteiger partial charge in [0, 0.05) is 13.0 Å². The number of carbonyl (C=O) groups is 1. The highest BCUT2D eigenvalue weighted by molar-refractivity contribution is 7.99. The van der Waals surface area contributed by atoms with E-state index >= 15 is 0 Å². The third kappa shape index (κ3) is 5.45. The van der Waals surface area contributed by atoms with Crippen LogP contribution in [-0.2, 0) is 4.79 Å². The first-order chi connectivity index (χ1) is 9.24. The molecule has 0 bridgehead atoms. The zero-order valence-electron chi connectivity index (χ0n) is 12.4. The van der Waals surface area contributed by atoms with Crippen LogP contribution in [0, 0.1) is 11.3 Å². The summed E-state index contributed by atoms with van der Waals surface area (Å²) in [7, 11) is 0. The molecular formula is C15H29ClN2OS. The highest BCUT2D eigenvalue weighted by Gasteiger charge is 2.33. The molecule has 1 saturated carbocycles. The largest absolute Gasteiger partial charge is 0.356 e. The lowest BCUT2D eigenvalue weighted by Gasteiger charge is -2.35. The Balaban J connectivity index is 0.00000200. The molecule has 1 aliphatic carbocycles. The average Bonchev–Trinajstić information content (AvgIpc) is 2.47. The maximum Gasteiger partial charge on any atom is 0.220 e. The highest BCUT2D eigenvalue weighted by Crippen LogP contribution is 2.38. The van der Waals surface area contributed by atoms with Crippen LogP contribution in [0.4, 0.5) is 0 Å². The minimum atomic E-state index is 0. The molecule has 1 amide bonds. The Morgan fingerprint density at radius 1 is 1.20 bits per heavy atom. The van der Waals surface area contributed by atoms with Gasteiger partial charge in [0.2, 0.25) is 5.91 Å². The van der Waals surface area contributed by atoms with Gasteiger partial charge in [0.15, 0.2) is 0 Å². The first-order valence-corrected chi connectivity index (χ1v) is 8.94. The van der Waals surface area contributed by atoms with E-state index in [4.69, 9.17) is 5.73 Å². The molecule has 20 heavy (non-hydrogen) atoms. The number of amides is 1. The summed E-state index contributed by atoms with van der Waals surface area (Å²) in [5.74, 6) is 3.44. The second-order valence-electron chi connectivity index (χ2n) is 6.30. The Bertz CT molecular complexity index is 290. The number of hydrogen-bond donors (Lipinski definition) is 2. The first-order valence-electron chi connectivity index (χ1n) is 7.79. The van der Waals surface area contributed by atoms with Crippen molar-refractivity contribution in [2.45, 2.75) is 51.4 Å². The number of nitrogens with one attached hydrogen (secondary N) is 1. The molecule has 0 unspecified atom stereocenters. The number of rotatable bonds is 5. The number of thioether (sulfide) groups is 1. The summed E-state index contributed by atoms with van der Waals surface area (Å²) in [5, 5.41) is 3.16. The van der Waals surface area contributed by atoms with E-state index in [2.05, 4.69) is 5.32 Å². The molecule has 3 N–H and O–H groups in total. The summed E-state index contributed by atoms with van der Waals surface area (Å²) < 4.78 is 0. The Hall–Kier alpha value is 0.0700. The van der Waals surface area contributed by atoms with Gasteiger partial charge in [-0.2, -0.15) is 11.8 Å². The molecule has 0 spiro atoms. The first kappa shape index (κ1) is 18.1. The molecular weight excluding hydrogens is 292 g/mol. The van der Waals surface area contributed by atoms with Crippen LogP contribution in [0.3, 0.4) is 0 Å². The summed E-state index contributed by atoms with van der Waals surface area (Å²) >= 11 is 2.04. The van der Waals surface area contributed by atoms with Crippen LogP contribution in [0.5, 0.6) is 0 Å². The van der Waals surface area contributed by atoms with Crippen molar-refractivity contribution in [3.8, 4) is 0 Å². The topological polar surface area (TPSA) is 55.1 Å². The fraction of sp³-hybridized carbons (Fsp3) is 0.933. The lowest BCUT2D eigenvalue weighted by Crippen LogP contribution is -2.40. The van der Waals surface area contributed by atoms with E-state index in [1.165, 1.54) is 43.6 Å². The molecule has 3 nitrogen and oxygen atoms in total. The Morgan fingerprint density at radius 3 is 2.45 bits per heavy atom. The third-order valence-electron chi connectivity index (χ3n) is 4.81. The predicted molar refractivity (Wildman–Crippen MR) is 89.5 cm³/mol. The number of nitrogens with two attached hydrogens (primary N) is 1. The molecule has 0 aromatic heterocycles. The van der Waals surface area contributed by atoms with Crippen LogP contribution < -0.4 is 11.1 Å². The summed E-state index contributed by atoms with van der Waals surface area (Å²) in [6, 6.07) is 0. The van der Waals surface area contributed by atoms with Crippen LogP contribution in [0.2, 0.25) is 0 Å². The molecule has 1 heterocycles. The quantitative estimate of drug-likeness (QED) is 0.819. The van der Waals surface area contributed by atoms with E-state index in [0.29, 0.717) is 18.9 Å². The highest BCUT2D eigenvalue weighted by atomic mass is 35.5. The number of hydrogen-bond acceptors (Lipinski definition) is 3. The van der Waals surface area contributed by atoms with E-state index < -0.39 is 0 Å². The van der Waals surface area contributed by atoms with Gasteiger partial charge < -0.3 is 11.1 Å². The fourth-order valence-corrected chi connectivity index (χ4v) is 4.57. The molecule has 0 radical (unpaired) electrons. The molecule has 0 aromatic rings. The van der Waals surface area contributed by atoms with Gasteiger partial charge >= 0.3 is 0 Å². The van der Waals surface area contributed by atoms with E-state index in [9.17, 15) is 4.79 Å². The number of halogens is 1. The van der Waals surface area contributed by atoms with Crippen molar-refractivity contribution in [3.63, 3.8) is 0 Å². The average molecular weight is 321 g/mol. The molecule has 0 atom stereocenters. The smallest absolute Gasteiger partial charge is 0.220 e. The molecule has 2 rings (SSSR count). The maximum absolute atomic E-state index is 12.1. The van der Waals surface area contributed by atoms with Crippen LogP contribution in [0.25, 0.3) is 0 Å². The predicted octanol–water partition coefficient (Wildman–Crippen LogP) is 2.97. The zero-order valence-corrected chi connectivity index (χ0v) is 14.0. The van der Waals surface area contributed by atoms with Gasteiger partial charge in [0.1, 0.15) is 0 Å². The zero-order chi connectivity index (χ0) is 13.6. The van der Waals surface area contributed by atoms with Gasteiger partial charge in [-0.1, -0.05) is 19.3 Å². The molecule has 5 heteroatoms. The molecule has 0 aromatic carbocycles. The lowest BCUT2D eigenvalue weighted by molar-refractivity contribution is -0.124. The summed E-state index contributed by atoms with van der Waals surface area (Å²) in [6.07, 6.45) is 9.22. The molecule has 2 fully saturated rings. The molecule has 1 aliphatic heterocycles. The van der Waals surface area contributed by atoms with E-state index in [0.717, 1.165) is 19.4 Å². The van der Waals surface area contributed by atoms with Crippen molar-refractivity contribution in [2.75, 3.05) is 24.6 Å². The van der Waals surface area contributed by atoms with E-state index in [-0.39, 0.29) is 23.7 Å². The van der Waals surface area contributed by atoms with E-state index in [1.807, 2.05) is 11.8 Å². The van der Waals surface area contributed by atoms with Crippen molar-refractivity contribution < 1.29 is 4.79 Å². The molecule has 118 valence electrons. The monoisotopic (exact) mass is 320 g/mol. The Labute approximate surface area is 133 Å². The van der Waals surface area contributed by atoms with E-state index in [1.54, 1.807) is 0 Å². The summed E-state index contributed by atoms with van der Waals surface area (Å²) in [6.45, 7) is 1.54. The van der Waals surface area contributed by atoms with Crippen LogP contribution >= 0.6 is 24.2 Å². The minimum Gasteiger partial charge on any atom is -0.356 e. The molecule has 1 saturated heterocycles. The summed E-state index contributed by atoms with van der Waals surface area (Å²) in [4.78, 5) is 12.1. The van der Waals surface area contributed by atoms with Crippen LogP contribution in [-0.4, -0.2) is 30.5 Å². The van der Waals surface area contributed by atoms with Gasteiger partial charge in [0.25, 0.3) is 0 Å². The van der Waals surface area contributed by atoms with Crippen molar-refractivity contribution in [1.29, 1.82) is 0 Å². The SMILES string of the molecule is Cl.NCC1(CC(=O)NCC2CCSCC2)CCCCC1. The second kappa shape index (κ2) is 9.16. The normalized spacial score (nSPS) is 22.9. The summed E-state index contributed by atoms with van der Waals surface area (Å²) in [5.41, 5.74) is 6.04. The molecule has 2 aliphatic rings. The second-order valence-corrected chi connectivity index (χ2v) is 7.53. The van der Waals surface area contributed by atoms with Crippen molar-refractivity contribution in [2.24, 2.45) is 17.1 Å².